The van der Waals surface area contributed by atoms with Gasteiger partial charge in [-0.3, -0.25) is 0 Å². The SMILES string of the molecule is CCCCCCCCOC(=O)c1ccccc1C1([N+](=C=O)NC(=O)O)CC=CC=C1C. The molecule has 0 heterocycles. The normalized spacial score (nSPS) is 17.4. The number of hydrazone groups is 1. The van der Waals surface area contributed by atoms with Crippen LogP contribution in [0.25, 0.3) is 0 Å². The van der Waals surface area contributed by atoms with Crippen molar-refractivity contribution in [2.45, 2.75) is 64.3 Å². The van der Waals surface area contributed by atoms with E-state index < -0.39 is 17.6 Å². The first-order valence-electron chi connectivity index (χ1n) is 10.8. The Morgan fingerprint density at radius 1 is 1.19 bits per heavy atom. The molecule has 1 amide bonds. The number of carboxylic acid groups (broad SMARTS) is 1. The standard InChI is InChI=1S/C24H30N2O5/c1-3-4-5-6-7-12-17-31-22(28)20-14-8-9-15-21(20)24(16-11-10-13-19(24)2)26(18-27)25-23(29)30/h8-11,13-15,25H,3-7,12,16-17H2,1-2H3/p+1. The Morgan fingerprint density at radius 3 is 2.58 bits per heavy atom. The first-order chi connectivity index (χ1) is 15.0. The molecule has 2 rings (SSSR count). The lowest BCUT2D eigenvalue weighted by Gasteiger charge is -2.30. The molecule has 0 aromatic heterocycles. The summed E-state index contributed by atoms with van der Waals surface area (Å²) in [7, 11) is 0. The molecule has 0 fully saturated rings. The van der Waals surface area contributed by atoms with Crippen LogP contribution in [-0.2, 0) is 15.1 Å². The van der Waals surface area contributed by atoms with E-state index in [4.69, 9.17) is 4.74 Å². The molecule has 0 aliphatic heterocycles. The molecule has 1 unspecified atom stereocenters. The summed E-state index contributed by atoms with van der Waals surface area (Å²) in [5.74, 6) is -0.493. The molecule has 31 heavy (non-hydrogen) atoms. The maximum absolute atomic E-state index is 12.9. The fourth-order valence-electron chi connectivity index (χ4n) is 3.90. The number of benzene rings is 1. The van der Waals surface area contributed by atoms with Crippen molar-refractivity contribution in [3.8, 4) is 0 Å². The Balaban J connectivity index is 2.29. The number of hydrogen-bond acceptors (Lipinski definition) is 4. The third kappa shape index (κ3) is 5.92. The van der Waals surface area contributed by atoms with E-state index in [2.05, 4.69) is 12.3 Å². The lowest BCUT2D eigenvalue weighted by atomic mass is 9.76. The second-order valence-electron chi connectivity index (χ2n) is 7.64. The predicted octanol–water partition coefficient (Wildman–Crippen LogP) is 4.84. The van der Waals surface area contributed by atoms with Crippen LogP contribution in [0, 0.1) is 0 Å². The minimum Gasteiger partial charge on any atom is -0.462 e. The van der Waals surface area contributed by atoms with Gasteiger partial charge in [0.1, 0.15) is 0 Å². The van der Waals surface area contributed by atoms with Crippen LogP contribution in [0.5, 0.6) is 0 Å². The van der Waals surface area contributed by atoms with E-state index in [1.807, 2.05) is 12.2 Å². The van der Waals surface area contributed by atoms with Gasteiger partial charge < -0.3 is 9.84 Å². The number of hydrogen-bond donors (Lipinski definition) is 2. The lowest BCUT2D eigenvalue weighted by Crippen LogP contribution is -2.50. The largest absolute Gasteiger partial charge is 0.462 e. The van der Waals surface area contributed by atoms with E-state index in [-0.39, 0.29) is 6.42 Å². The molecule has 1 aromatic carbocycles. The summed E-state index contributed by atoms with van der Waals surface area (Å²) >= 11 is 0. The molecule has 2 N–H and O–H groups in total. The topological polar surface area (TPSA) is 95.7 Å². The van der Waals surface area contributed by atoms with E-state index in [0.29, 0.717) is 23.3 Å². The number of unbranched alkanes of at least 4 members (excludes halogenated alkanes) is 5. The summed E-state index contributed by atoms with van der Waals surface area (Å²) in [5, 5.41) is 9.23. The molecule has 166 valence electrons. The smallest absolute Gasteiger partial charge is 0.459 e. The Morgan fingerprint density at radius 2 is 1.90 bits per heavy atom. The average Bonchev–Trinajstić information content (AvgIpc) is 2.77. The summed E-state index contributed by atoms with van der Waals surface area (Å²) < 4.78 is 6.39. The molecule has 7 heteroatoms. The molecule has 0 saturated heterocycles. The molecule has 1 aliphatic rings. The Bertz CT molecular complexity index is 899. The minimum absolute atomic E-state index is 0.284. The van der Waals surface area contributed by atoms with Crippen molar-refractivity contribution in [1.29, 1.82) is 0 Å². The maximum atomic E-state index is 12.9. The predicted molar refractivity (Wildman–Crippen MR) is 116 cm³/mol. The van der Waals surface area contributed by atoms with Gasteiger partial charge in [0, 0.05) is 17.6 Å². The highest BCUT2D eigenvalue weighted by molar-refractivity contribution is 5.91. The zero-order chi connectivity index (χ0) is 22.7. The molecule has 0 saturated carbocycles. The molecule has 1 atom stereocenters. The number of esters is 1. The van der Waals surface area contributed by atoms with Crippen molar-refractivity contribution in [2.75, 3.05) is 6.61 Å². The second-order valence-corrected chi connectivity index (χ2v) is 7.64. The van der Waals surface area contributed by atoms with Gasteiger partial charge in [0.15, 0.2) is 0 Å². The molecule has 0 bridgehead atoms. The molecule has 0 radical (unpaired) electrons. The van der Waals surface area contributed by atoms with Gasteiger partial charge >= 0.3 is 18.1 Å². The van der Waals surface area contributed by atoms with Crippen LogP contribution in [0.15, 0.2) is 48.1 Å². The number of isocyanates is 1. The number of rotatable bonds is 11. The summed E-state index contributed by atoms with van der Waals surface area (Å²) in [6, 6.07) is 6.81. The Hall–Kier alpha value is -3.18. The highest BCUT2D eigenvalue weighted by Gasteiger charge is 2.50. The number of nitrogens with one attached hydrogen (secondary N) is 1. The van der Waals surface area contributed by atoms with Crippen molar-refractivity contribution in [3.63, 3.8) is 0 Å². The van der Waals surface area contributed by atoms with Crippen molar-refractivity contribution in [1.82, 2.24) is 5.43 Å². The number of hydrazine groups is 1. The number of ether oxygens (including phenoxy) is 1. The van der Waals surface area contributed by atoms with Gasteiger partial charge in [-0.25, -0.2) is 9.59 Å². The molecular formula is C24H31N2O5+. The molecule has 1 aliphatic carbocycles. The summed E-state index contributed by atoms with van der Waals surface area (Å²) in [5.41, 5.74) is 2.37. The number of nitrogens with zero attached hydrogens (tertiary/aromatic N) is 1. The third-order valence-electron chi connectivity index (χ3n) is 5.55. The van der Waals surface area contributed by atoms with Crippen molar-refractivity contribution >= 4 is 18.1 Å². The first-order valence-corrected chi connectivity index (χ1v) is 10.8. The van der Waals surface area contributed by atoms with E-state index >= 15 is 0 Å². The van der Waals surface area contributed by atoms with Crippen LogP contribution in [0.1, 0.15) is 74.7 Å². The van der Waals surface area contributed by atoms with Crippen LogP contribution in [0.3, 0.4) is 0 Å². The Labute approximate surface area is 183 Å². The van der Waals surface area contributed by atoms with Gasteiger partial charge in [-0.2, -0.15) is 4.79 Å². The van der Waals surface area contributed by atoms with Crippen LogP contribution in [0.4, 0.5) is 4.79 Å². The van der Waals surface area contributed by atoms with Crippen molar-refractivity contribution in [2.24, 2.45) is 0 Å². The van der Waals surface area contributed by atoms with Crippen molar-refractivity contribution in [3.05, 3.63) is 59.2 Å². The molecule has 1 aromatic rings. The van der Waals surface area contributed by atoms with Gasteiger partial charge in [0.2, 0.25) is 0 Å². The van der Waals surface area contributed by atoms with Gasteiger partial charge in [-0.05, 0) is 24.1 Å². The quantitative estimate of drug-likeness (QED) is 0.132. The summed E-state index contributed by atoms with van der Waals surface area (Å²) in [6.07, 6.45) is 12.5. The van der Waals surface area contributed by atoms with Crippen LogP contribution < -0.4 is 5.43 Å². The zero-order valence-corrected chi connectivity index (χ0v) is 18.2. The molecular weight excluding hydrogens is 396 g/mol. The van der Waals surface area contributed by atoms with Gasteiger partial charge in [0.05, 0.1) is 12.2 Å². The van der Waals surface area contributed by atoms with Crippen molar-refractivity contribution < 1.29 is 28.9 Å². The van der Waals surface area contributed by atoms with Crippen LogP contribution >= 0.6 is 0 Å². The van der Waals surface area contributed by atoms with Crippen LogP contribution in [0.2, 0.25) is 0 Å². The van der Waals surface area contributed by atoms with E-state index in [1.54, 1.807) is 43.3 Å². The van der Waals surface area contributed by atoms with Gasteiger partial charge in [0.25, 0.3) is 5.54 Å². The Kier molecular flexibility index (Phi) is 9.22. The summed E-state index contributed by atoms with van der Waals surface area (Å²) in [6.45, 7) is 4.27. The number of carbonyl (C=O) groups is 2. The van der Waals surface area contributed by atoms with E-state index in [1.165, 1.54) is 19.3 Å². The van der Waals surface area contributed by atoms with Gasteiger partial charge in [-0.1, -0.05) is 80.9 Å². The second kappa shape index (κ2) is 11.9. The highest BCUT2D eigenvalue weighted by atomic mass is 16.5. The third-order valence-corrected chi connectivity index (χ3v) is 5.55. The van der Waals surface area contributed by atoms with E-state index in [9.17, 15) is 19.5 Å². The fourth-order valence-corrected chi connectivity index (χ4v) is 3.90. The molecule has 0 spiro atoms. The number of carbonyl (C=O) groups excluding carboxylic acids is 2. The number of amides is 1. The van der Waals surface area contributed by atoms with E-state index in [0.717, 1.165) is 23.9 Å². The maximum Gasteiger partial charge on any atom is 0.459 e. The summed E-state index contributed by atoms with van der Waals surface area (Å²) in [4.78, 5) is 36.0. The lowest BCUT2D eigenvalue weighted by molar-refractivity contribution is -0.645. The fraction of sp³-hybridized carbons (Fsp3) is 0.458. The van der Waals surface area contributed by atoms with Crippen LogP contribution in [-0.4, -0.2) is 34.5 Å². The molecule has 7 nitrogen and oxygen atoms in total. The van der Waals surface area contributed by atoms with Gasteiger partial charge in [-0.15, -0.1) is 0 Å². The minimum atomic E-state index is -1.40. The number of allylic oxidation sites excluding steroid dienone is 2. The zero-order valence-electron chi connectivity index (χ0n) is 18.2. The highest BCUT2D eigenvalue weighted by Crippen LogP contribution is 2.40. The first kappa shape index (κ1) is 24.1. The average molecular weight is 428 g/mol. The monoisotopic (exact) mass is 427 g/mol.